The van der Waals surface area contributed by atoms with E-state index < -0.39 is 0 Å². The molecule has 3 rings (SSSR count). The van der Waals surface area contributed by atoms with Gasteiger partial charge in [0, 0.05) is 23.7 Å². The van der Waals surface area contributed by atoms with Gasteiger partial charge >= 0.3 is 0 Å². The molecule has 2 aromatic carbocycles. The summed E-state index contributed by atoms with van der Waals surface area (Å²) in [7, 11) is 0. The highest BCUT2D eigenvalue weighted by Gasteiger charge is 2.23. The van der Waals surface area contributed by atoms with E-state index in [0.717, 1.165) is 36.3 Å². The number of ether oxygens (including phenoxy) is 1. The van der Waals surface area contributed by atoms with Gasteiger partial charge in [0.2, 0.25) is 0 Å². The number of carbonyl (C=O) groups excluding carboxylic acids is 1. The van der Waals surface area contributed by atoms with Gasteiger partial charge in [0.1, 0.15) is 6.10 Å². The molecule has 1 aliphatic rings. The molecule has 1 aliphatic heterocycles. The fourth-order valence-corrected chi connectivity index (χ4v) is 2.75. The summed E-state index contributed by atoms with van der Waals surface area (Å²) in [6, 6.07) is 16.0. The molecule has 1 atom stereocenters. The Morgan fingerprint density at radius 3 is 2.57 bits per heavy atom. The summed E-state index contributed by atoms with van der Waals surface area (Å²) in [5.74, 6) is -0.0560. The maximum absolute atomic E-state index is 12.0. The normalized spacial score (nSPS) is 17.0. The van der Waals surface area contributed by atoms with E-state index in [1.165, 1.54) is 5.56 Å². The maximum atomic E-state index is 12.0. The number of nitrogens with one attached hydrogen (secondary N) is 2. The summed E-state index contributed by atoms with van der Waals surface area (Å²) in [6.45, 7) is 2.82. The van der Waals surface area contributed by atoms with Crippen molar-refractivity contribution < 1.29 is 9.53 Å². The van der Waals surface area contributed by atoms with E-state index in [2.05, 4.69) is 29.7 Å². The van der Waals surface area contributed by atoms with Crippen molar-refractivity contribution in [3.05, 3.63) is 54.1 Å². The number of carbonyl (C=O) groups is 1. The number of para-hydroxylation sites is 1. The summed E-state index contributed by atoms with van der Waals surface area (Å²) in [4.78, 5) is 12.0. The number of amides is 1. The average Bonchev–Trinajstić information content (AvgIpc) is 3.12. The molecule has 0 radical (unpaired) electrons. The number of aryl methyl sites for hydroxylation is 1. The van der Waals surface area contributed by atoms with Gasteiger partial charge in [-0.25, -0.2) is 0 Å². The zero-order valence-electron chi connectivity index (χ0n) is 13.3. The largest absolute Gasteiger partial charge is 0.368 e. The summed E-state index contributed by atoms with van der Waals surface area (Å²) in [6.07, 6.45) is 2.44. The molecule has 0 spiro atoms. The van der Waals surface area contributed by atoms with E-state index >= 15 is 0 Å². The quantitative estimate of drug-likeness (QED) is 0.874. The highest BCUT2D eigenvalue weighted by Crippen LogP contribution is 2.23. The Kier molecular flexibility index (Phi) is 4.93. The predicted molar refractivity (Wildman–Crippen MR) is 93.1 cm³/mol. The predicted octanol–water partition coefficient (Wildman–Crippen LogP) is 4.11. The number of benzene rings is 2. The molecule has 1 heterocycles. The number of anilines is 3. The Balaban J connectivity index is 1.63. The van der Waals surface area contributed by atoms with E-state index in [0.29, 0.717) is 6.61 Å². The lowest BCUT2D eigenvalue weighted by molar-refractivity contribution is -0.124. The van der Waals surface area contributed by atoms with E-state index in [9.17, 15) is 4.79 Å². The maximum Gasteiger partial charge on any atom is 0.253 e. The van der Waals surface area contributed by atoms with Crippen LogP contribution < -0.4 is 10.6 Å². The Morgan fingerprint density at radius 2 is 1.87 bits per heavy atom. The Bertz CT molecular complexity index is 661. The smallest absolute Gasteiger partial charge is 0.253 e. The molecular formula is C19H22N2O2. The van der Waals surface area contributed by atoms with Crippen molar-refractivity contribution in [1.82, 2.24) is 0 Å². The molecule has 120 valence electrons. The van der Waals surface area contributed by atoms with Crippen LogP contribution in [-0.2, 0) is 16.0 Å². The molecule has 1 saturated heterocycles. The van der Waals surface area contributed by atoms with Crippen LogP contribution in [-0.4, -0.2) is 18.6 Å². The van der Waals surface area contributed by atoms with Gasteiger partial charge in [-0.05, 0) is 55.2 Å². The minimum Gasteiger partial charge on any atom is -0.368 e. The Hall–Kier alpha value is -2.33. The molecule has 0 aliphatic carbocycles. The topological polar surface area (TPSA) is 50.4 Å². The standard InChI is InChI=1S/C19H22N2O2/c1-2-14-6-3-4-7-17(14)20-15-9-11-16(12-10-15)21-19(22)18-8-5-13-23-18/h3-4,6-7,9-12,18,20H,2,5,8,13H2,1H3,(H,21,22). The van der Waals surface area contributed by atoms with Crippen LogP contribution in [0.15, 0.2) is 48.5 Å². The molecule has 0 saturated carbocycles. The summed E-state index contributed by atoms with van der Waals surface area (Å²) in [5, 5.41) is 6.33. The Labute approximate surface area is 136 Å². The van der Waals surface area contributed by atoms with Crippen LogP contribution in [0.1, 0.15) is 25.3 Å². The van der Waals surface area contributed by atoms with Crippen LogP contribution in [0.4, 0.5) is 17.1 Å². The van der Waals surface area contributed by atoms with E-state index in [-0.39, 0.29) is 12.0 Å². The fraction of sp³-hybridized carbons (Fsp3) is 0.316. The second kappa shape index (κ2) is 7.29. The summed E-state index contributed by atoms with van der Waals surface area (Å²) < 4.78 is 5.39. The first-order valence-corrected chi connectivity index (χ1v) is 8.13. The van der Waals surface area contributed by atoms with Crippen molar-refractivity contribution in [2.45, 2.75) is 32.3 Å². The Morgan fingerprint density at radius 1 is 1.13 bits per heavy atom. The lowest BCUT2D eigenvalue weighted by Gasteiger charge is -2.13. The third kappa shape index (κ3) is 3.90. The molecule has 0 bridgehead atoms. The van der Waals surface area contributed by atoms with Crippen LogP contribution in [0.3, 0.4) is 0 Å². The molecule has 23 heavy (non-hydrogen) atoms. The van der Waals surface area contributed by atoms with Crippen molar-refractivity contribution >= 4 is 23.0 Å². The number of hydrogen-bond acceptors (Lipinski definition) is 3. The lowest BCUT2D eigenvalue weighted by atomic mass is 10.1. The number of rotatable bonds is 5. The summed E-state index contributed by atoms with van der Waals surface area (Å²) >= 11 is 0. The molecular weight excluding hydrogens is 288 g/mol. The second-order valence-electron chi connectivity index (χ2n) is 5.70. The van der Waals surface area contributed by atoms with Gasteiger partial charge in [-0.3, -0.25) is 4.79 Å². The number of hydrogen-bond donors (Lipinski definition) is 2. The highest BCUT2D eigenvalue weighted by atomic mass is 16.5. The lowest BCUT2D eigenvalue weighted by Crippen LogP contribution is -2.26. The van der Waals surface area contributed by atoms with Crippen molar-refractivity contribution in [3.63, 3.8) is 0 Å². The monoisotopic (exact) mass is 310 g/mol. The first kappa shape index (κ1) is 15.6. The van der Waals surface area contributed by atoms with Crippen LogP contribution in [0.5, 0.6) is 0 Å². The first-order valence-electron chi connectivity index (χ1n) is 8.13. The zero-order chi connectivity index (χ0) is 16.1. The van der Waals surface area contributed by atoms with Crippen LogP contribution in [0, 0.1) is 0 Å². The SMILES string of the molecule is CCc1ccccc1Nc1ccc(NC(=O)C2CCCO2)cc1. The minimum atomic E-state index is -0.302. The zero-order valence-corrected chi connectivity index (χ0v) is 13.3. The van der Waals surface area contributed by atoms with Crippen molar-refractivity contribution in [2.75, 3.05) is 17.2 Å². The minimum absolute atomic E-state index is 0.0560. The van der Waals surface area contributed by atoms with Crippen LogP contribution >= 0.6 is 0 Å². The average molecular weight is 310 g/mol. The van der Waals surface area contributed by atoms with Crippen molar-refractivity contribution in [3.8, 4) is 0 Å². The van der Waals surface area contributed by atoms with Crippen molar-refractivity contribution in [2.24, 2.45) is 0 Å². The van der Waals surface area contributed by atoms with Gasteiger partial charge in [0.05, 0.1) is 0 Å². The van der Waals surface area contributed by atoms with E-state index in [4.69, 9.17) is 4.74 Å². The third-order valence-electron chi connectivity index (χ3n) is 4.05. The highest BCUT2D eigenvalue weighted by molar-refractivity contribution is 5.94. The molecule has 0 aromatic heterocycles. The van der Waals surface area contributed by atoms with Gasteiger partial charge < -0.3 is 15.4 Å². The van der Waals surface area contributed by atoms with E-state index in [1.54, 1.807) is 0 Å². The van der Waals surface area contributed by atoms with Crippen LogP contribution in [0.25, 0.3) is 0 Å². The molecule has 2 aromatic rings. The molecule has 4 nitrogen and oxygen atoms in total. The fourth-order valence-electron chi connectivity index (χ4n) is 2.75. The van der Waals surface area contributed by atoms with Crippen LogP contribution in [0.2, 0.25) is 0 Å². The molecule has 1 fully saturated rings. The van der Waals surface area contributed by atoms with Gasteiger partial charge in [0.25, 0.3) is 5.91 Å². The van der Waals surface area contributed by atoms with Gasteiger partial charge in [-0.15, -0.1) is 0 Å². The van der Waals surface area contributed by atoms with Gasteiger partial charge in [-0.1, -0.05) is 25.1 Å². The van der Waals surface area contributed by atoms with Crippen molar-refractivity contribution in [1.29, 1.82) is 0 Å². The van der Waals surface area contributed by atoms with Gasteiger partial charge in [0.15, 0.2) is 0 Å². The third-order valence-corrected chi connectivity index (χ3v) is 4.05. The molecule has 2 N–H and O–H groups in total. The van der Waals surface area contributed by atoms with Gasteiger partial charge in [-0.2, -0.15) is 0 Å². The summed E-state index contributed by atoms with van der Waals surface area (Å²) in [5.41, 5.74) is 4.19. The molecule has 1 unspecified atom stereocenters. The first-order chi connectivity index (χ1) is 11.3. The van der Waals surface area contributed by atoms with E-state index in [1.807, 2.05) is 36.4 Å². The molecule has 4 heteroatoms. The second-order valence-corrected chi connectivity index (χ2v) is 5.70. The molecule has 1 amide bonds.